The minimum atomic E-state index is -3.56. The molecule has 0 aromatic heterocycles. The molecule has 0 radical (unpaired) electrons. The molecule has 1 heterocycles. The highest BCUT2D eigenvalue weighted by molar-refractivity contribution is 7.92. The minimum absolute atomic E-state index is 0.0548. The molecular weight excluding hydrogens is 592 g/mol. The van der Waals surface area contributed by atoms with Crippen molar-refractivity contribution in [2.75, 3.05) is 29.4 Å². The van der Waals surface area contributed by atoms with Crippen LogP contribution in [0.3, 0.4) is 0 Å². The number of aromatic hydroxyl groups is 1. The lowest BCUT2D eigenvalue weighted by Gasteiger charge is -2.33. The number of phenols is 1. The molecule has 3 aromatic rings. The van der Waals surface area contributed by atoms with E-state index in [1.54, 1.807) is 17.0 Å². The average Bonchev–Trinajstić information content (AvgIpc) is 2.96. The number of aliphatic hydroxyl groups is 1. The summed E-state index contributed by atoms with van der Waals surface area (Å²) in [6, 6.07) is 15.2. The van der Waals surface area contributed by atoms with Gasteiger partial charge in [0.15, 0.2) is 5.94 Å². The maximum absolute atomic E-state index is 14.1. The average molecular weight is 630 g/mol. The second-order valence-electron chi connectivity index (χ2n) is 11.1. The zero-order valence-electron chi connectivity index (χ0n) is 24.3. The van der Waals surface area contributed by atoms with Crippen molar-refractivity contribution in [1.82, 2.24) is 10.4 Å². The molecule has 0 spiro atoms. The van der Waals surface area contributed by atoms with Gasteiger partial charge in [0, 0.05) is 36.4 Å². The van der Waals surface area contributed by atoms with Crippen molar-refractivity contribution in [2.24, 2.45) is 5.73 Å². The van der Waals surface area contributed by atoms with Gasteiger partial charge in [0.05, 0.1) is 18.0 Å². The molecule has 0 bridgehead atoms. The molecule has 2 unspecified atom stereocenters. The first-order chi connectivity index (χ1) is 20.9. The van der Waals surface area contributed by atoms with Gasteiger partial charge in [-0.3, -0.25) is 4.72 Å². The fourth-order valence-corrected chi connectivity index (χ4v) is 5.74. The number of nitrogens with zero attached hydrogens (tertiary/aromatic N) is 1. The Morgan fingerprint density at radius 2 is 1.73 bits per heavy atom. The van der Waals surface area contributed by atoms with Crippen LogP contribution in [0.15, 0.2) is 60.7 Å². The van der Waals surface area contributed by atoms with E-state index < -0.39 is 27.8 Å². The van der Waals surface area contributed by atoms with Crippen LogP contribution in [0.5, 0.6) is 5.75 Å². The molecule has 7 N–H and O–H groups in total. The molecule has 3 aromatic carbocycles. The summed E-state index contributed by atoms with van der Waals surface area (Å²) in [6.07, 6.45) is 2.87. The van der Waals surface area contributed by atoms with Gasteiger partial charge in [-0.1, -0.05) is 18.2 Å². The summed E-state index contributed by atoms with van der Waals surface area (Å²) in [5, 5.41) is 25.8. The molecule has 2 atom stereocenters. The first-order valence-electron chi connectivity index (χ1n) is 14.2. The third-order valence-electron chi connectivity index (χ3n) is 7.29. The highest BCUT2D eigenvalue weighted by Gasteiger charge is 2.22. The molecule has 0 saturated carbocycles. The predicted molar refractivity (Wildman–Crippen MR) is 166 cm³/mol. The number of nitrogens with two attached hydrogens (primary N) is 1. The molecule has 10 nitrogen and oxygen atoms in total. The second-order valence-corrected chi connectivity index (χ2v) is 12.8. The van der Waals surface area contributed by atoms with E-state index in [0.717, 1.165) is 48.5 Å². The first kappa shape index (κ1) is 32.9. The van der Waals surface area contributed by atoms with Gasteiger partial charge in [-0.25, -0.2) is 27.0 Å². The number of sulfonamides is 1. The highest BCUT2D eigenvalue weighted by Crippen LogP contribution is 2.26. The topological polar surface area (TPSA) is 157 Å². The Morgan fingerprint density at radius 3 is 2.39 bits per heavy atom. The Labute approximate surface area is 255 Å². The van der Waals surface area contributed by atoms with Crippen molar-refractivity contribution in [2.45, 2.75) is 50.3 Å². The van der Waals surface area contributed by atoms with Crippen molar-refractivity contribution >= 4 is 33.0 Å². The number of phenolic OH excluding ortho intramolecular Hbond substituents is 1. The summed E-state index contributed by atoms with van der Waals surface area (Å²) in [5.41, 5.74) is 11.5. The number of hydrogen-bond acceptors (Lipinski definition) is 9. The van der Waals surface area contributed by atoms with Crippen molar-refractivity contribution in [3.63, 3.8) is 0 Å². The standard InChI is InChI=1S/C31H37F2N5O5S/c1-44(42,43)37-29-16-21(4-9-31(29)41)15-26(40)18-23(34)14-20-2-6-24(7-3-20)35-25-10-12-38(13-11-25)36-30(19-39)27-17-22(32)5-8-28(27)33/h2-9,16-17,23,25-26,35-37,40-41H,10-15,18,34H2,1H3. The van der Waals surface area contributed by atoms with Crippen LogP contribution in [0.2, 0.25) is 0 Å². The van der Waals surface area contributed by atoms with Crippen LogP contribution in [-0.2, 0) is 27.7 Å². The molecule has 1 aliphatic heterocycles. The Morgan fingerprint density at radius 1 is 1.05 bits per heavy atom. The van der Waals surface area contributed by atoms with E-state index >= 15 is 0 Å². The van der Waals surface area contributed by atoms with Gasteiger partial charge in [-0.05, 0) is 85.7 Å². The molecule has 13 heteroatoms. The number of carbonyl (C=O) groups excluding carboxylic acids is 1. The molecule has 1 aliphatic rings. The number of aliphatic hydroxyl groups excluding tert-OH is 1. The van der Waals surface area contributed by atoms with Crippen molar-refractivity contribution in [3.05, 3.63) is 89.0 Å². The normalized spacial score (nSPS) is 15.7. The maximum atomic E-state index is 14.1. The van der Waals surface area contributed by atoms with Gasteiger partial charge in [0.1, 0.15) is 23.1 Å². The van der Waals surface area contributed by atoms with Crippen LogP contribution in [-0.4, -0.2) is 67.1 Å². The Kier molecular flexibility index (Phi) is 11.0. The largest absolute Gasteiger partial charge is 0.506 e. The van der Waals surface area contributed by atoms with Gasteiger partial charge < -0.3 is 26.7 Å². The number of piperidine rings is 1. The predicted octanol–water partition coefficient (Wildman–Crippen LogP) is 3.16. The number of hydrazine groups is 1. The fourth-order valence-electron chi connectivity index (χ4n) is 5.18. The van der Waals surface area contributed by atoms with Crippen LogP contribution >= 0.6 is 0 Å². The molecule has 4 rings (SSSR count). The molecule has 44 heavy (non-hydrogen) atoms. The highest BCUT2D eigenvalue weighted by atomic mass is 32.2. The van der Waals surface area contributed by atoms with E-state index in [4.69, 9.17) is 5.73 Å². The fraction of sp³-hybridized carbons (Fsp3) is 0.355. The van der Waals surface area contributed by atoms with Gasteiger partial charge >= 0.3 is 0 Å². The first-order valence-corrected chi connectivity index (χ1v) is 16.1. The van der Waals surface area contributed by atoms with Crippen LogP contribution in [0.1, 0.15) is 36.0 Å². The van der Waals surface area contributed by atoms with Gasteiger partial charge in [-0.2, -0.15) is 0 Å². The zero-order valence-corrected chi connectivity index (χ0v) is 25.1. The summed E-state index contributed by atoms with van der Waals surface area (Å²) in [6.45, 7) is 1.16. The molecular formula is C31H37F2N5O5S. The quantitative estimate of drug-likeness (QED) is 0.123. The number of benzene rings is 3. The molecule has 1 saturated heterocycles. The third kappa shape index (κ3) is 9.76. The van der Waals surface area contributed by atoms with E-state index in [-0.39, 0.29) is 41.2 Å². The SMILES string of the molecule is CS(=O)(=O)Nc1cc(CC(O)CC(N)Cc2ccc(NC3CCN(NC(=C=O)c4cc(F)ccc4F)CC3)cc2)ccc1O. The molecule has 0 amide bonds. The molecule has 1 fully saturated rings. The van der Waals surface area contributed by atoms with Crippen LogP contribution in [0.25, 0.3) is 5.70 Å². The summed E-state index contributed by atoms with van der Waals surface area (Å²) in [5.74, 6) is 0.125. The van der Waals surface area contributed by atoms with Gasteiger partial charge in [0.2, 0.25) is 10.0 Å². The smallest absolute Gasteiger partial charge is 0.229 e. The van der Waals surface area contributed by atoms with Crippen molar-refractivity contribution < 1.29 is 32.2 Å². The van der Waals surface area contributed by atoms with Crippen LogP contribution in [0, 0.1) is 11.6 Å². The van der Waals surface area contributed by atoms with Crippen molar-refractivity contribution in [3.8, 4) is 5.75 Å². The number of rotatable bonds is 13. The number of anilines is 2. The number of nitrogens with one attached hydrogen (secondary N) is 3. The van der Waals surface area contributed by atoms with E-state index in [1.807, 2.05) is 24.3 Å². The summed E-state index contributed by atoms with van der Waals surface area (Å²) < 4.78 is 52.9. The lowest BCUT2D eigenvalue weighted by atomic mass is 9.97. The summed E-state index contributed by atoms with van der Waals surface area (Å²) in [4.78, 5) is 11.4. The van der Waals surface area contributed by atoms with Gasteiger partial charge in [-0.15, -0.1) is 0 Å². The Balaban J connectivity index is 1.21. The molecule has 236 valence electrons. The Bertz CT molecular complexity index is 1590. The third-order valence-corrected chi connectivity index (χ3v) is 7.88. The van der Waals surface area contributed by atoms with Crippen LogP contribution in [0.4, 0.5) is 20.2 Å². The van der Waals surface area contributed by atoms with E-state index in [9.17, 15) is 32.2 Å². The summed E-state index contributed by atoms with van der Waals surface area (Å²) >= 11 is 0. The summed E-state index contributed by atoms with van der Waals surface area (Å²) in [7, 11) is -3.56. The second kappa shape index (κ2) is 14.7. The minimum Gasteiger partial charge on any atom is -0.506 e. The van der Waals surface area contributed by atoms with Crippen LogP contribution < -0.4 is 21.2 Å². The van der Waals surface area contributed by atoms with E-state index in [2.05, 4.69) is 15.5 Å². The lowest BCUT2D eigenvalue weighted by Crippen LogP contribution is -2.46. The number of halogens is 2. The maximum Gasteiger partial charge on any atom is 0.229 e. The monoisotopic (exact) mass is 629 g/mol. The Hall–Kier alpha value is -4.00. The van der Waals surface area contributed by atoms with Crippen molar-refractivity contribution in [1.29, 1.82) is 0 Å². The zero-order chi connectivity index (χ0) is 31.9. The molecule has 0 aliphatic carbocycles. The van der Waals surface area contributed by atoms with E-state index in [0.29, 0.717) is 31.5 Å². The van der Waals surface area contributed by atoms with E-state index in [1.165, 1.54) is 12.1 Å². The number of hydrogen-bond donors (Lipinski definition) is 6. The lowest BCUT2D eigenvalue weighted by molar-refractivity contribution is 0.155. The van der Waals surface area contributed by atoms with Gasteiger partial charge in [0.25, 0.3) is 0 Å².